The van der Waals surface area contributed by atoms with Crippen molar-refractivity contribution in [3.05, 3.63) is 23.7 Å². The van der Waals surface area contributed by atoms with Gasteiger partial charge in [0.15, 0.2) is 0 Å². The summed E-state index contributed by atoms with van der Waals surface area (Å²) in [6, 6.07) is 3.79. The highest BCUT2D eigenvalue weighted by Crippen LogP contribution is 2.17. The zero-order chi connectivity index (χ0) is 8.27. The lowest BCUT2D eigenvalue weighted by Gasteiger charge is -2.08. The van der Waals surface area contributed by atoms with Crippen LogP contribution >= 0.6 is 0 Å². The van der Waals surface area contributed by atoms with Gasteiger partial charge >= 0.3 is 0 Å². The normalized spacial score (nSPS) is 13.4. The molecule has 3 nitrogen and oxygen atoms in total. The van der Waals surface area contributed by atoms with Crippen LogP contribution in [0.5, 0.6) is 0 Å². The summed E-state index contributed by atoms with van der Waals surface area (Å²) in [6.45, 7) is 2.34. The van der Waals surface area contributed by atoms with Crippen molar-refractivity contribution in [2.45, 2.75) is 13.0 Å². The van der Waals surface area contributed by atoms with Gasteiger partial charge < -0.3 is 14.9 Å². The van der Waals surface area contributed by atoms with Crippen molar-refractivity contribution in [3.8, 4) is 0 Å². The van der Waals surface area contributed by atoms with E-state index in [1.807, 2.05) is 19.1 Å². The van der Waals surface area contributed by atoms with Crippen LogP contribution in [0.1, 0.15) is 17.6 Å². The number of hydrogen-bond donors (Lipinski definition) is 1. The Morgan fingerprint density at radius 3 is 2.73 bits per heavy atom. The highest BCUT2D eigenvalue weighted by Gasteiger charge is 2.10. The maximum Gasteiger partial charge on any atom is 0.134 e. The summed E-state index contributed by atoms with van der Waals surface area (Å²) < 4.78 is 10.4. The molecule has 0 fully saturated rings. The van der Waals surface area contributed by atoms with Crippen LogP contribution in [-0.4, -0.2) is 13.7 Å². The predicted molar refractivity (Wildman–Crippen MR) is 42.2 cm³/mol. The van der Waals surface area contributed by atoms with Crippen LogP contribution in [0.15, 0.2) is 16.5 Å². The number of ether oxygens (including phenoxy) is 1. The lowest BCUT2D eigenvalue weighted by Crippen LogP contribution is -2.13. The molecule has 0 aliphatic heterocycles. The van der Waals surface area contributed by atoms with Gasteiger partial charge in [-0.2, -0.15) is 0 Å². The summed E-state index contributed by atoms with van der Waals surface area (Å²) in [5.74, 6) is 1.68. The van der Waals surface area contributed by atoms with E-state index in [0.29, 0.717) is 6.54 Å². The van der Waals surface area contributed by atoms with Crippen molar-refractivity contribution < 1.29 is 9.15 Å². The Morgan fingerprint density at radius 2 is 2.36 bits per heavy atom. The number of nitrogens with two attached hydrogens (primary N) is 1. The third-order valence-electron chi connectivity index (χ3n) is 1.58. The minimum atomic E-state index is -0.108. The van der Waals surface area contributed by atoms with Crippen LogP contribution in [0.4, 0.5) is 0 Å². The zero-order valence-electron chi connectivity index (χ0n) is 6.83. The van der Waals surface area contributed by atoms with E-state index >= 15 is 0 Å². The molecule has 1 aromatic heterocycles. The van der Waals surface area contributed by atoms with Gasteiger partial charge in [-0.15, -0.1) is 0 Å². The monoisotopic (exact) mass is 155 g/mol. The fourth-order valence-electron chi connectivity index (χ4n) is 0.955. The SMILES string of the molecule is COC(CN)c1ccc(C)o1. The lowest BCUT2D eigenvalue weighted by molar-refractivity contribution is 0.0901. The molecule has 3 heteroatoms. The molecular formula is C8H13NO2. The standard InChI is InChI=1S/C8H13NO2/c1-6-3-4-7(11-6)8(5-9)10-2/h3-4,8H,5,9H2,1-2H3. The number of aryl methyl sites for hydroxylation is 1. The first-order valence-electron chi connectivity index (χ1n) is 3.57. The molecule has 0 aromatic carbocycles. The van der Waals surface area contributed by atoms with Gasteiger partial charge in [0, 0.05) is 13.7 Å². The van der Waals surface area contributed by atoms with Crippen molar-refractivity contribution in [3.63, 3.8) is 0 Å². The summed E-state index contributed by atoms with van der Waals surface area (Å²) in [5.41, 5.74) is 5.44. The van der Waals surface area contributed by atoms with Gasteiger partial charge in [-0.3, -0.25) is 0 Å². The Hall–Kier alpha value is -0.800. The molecule has 62 valence electrons. The van der Waals surface area contributed by atoms with E-state index in [4.69, 9.17) is 14.9 Å². The van der Waals surface area contributed by atoms with E-state index in [0.717, 1.165) is 11.5 Å². The molecule has 0 spiro atoms. The van der Waals surface area contributed by atoms with E-state index in [1.54, 1.807) is 7.11 Å². The minimum absolute atomic E-state index is 0.108. The second kappa shape index (κ2) is 3.55. The molecule has 11 heavy (non-hydrogen) atoms. The third-order valence-corrected chi connectivity index (χ3v) is 1.58. The number of rotatable bonds is 3. The van der Waals surface area contributed by atoms with Gasteiger partial charge in [0.25, 0.3) is 0 Å². The van der Waals surface area contributed by atoms with Crippen molar-refractivity contribution in [2.24, 2.45) is 5.73 Å². The Balaban J connectivity index is 2.73. The summed E-state index contributed by atoms with van der Waals surface area (Å²) in [6.07, 6.45) is -0.108. The van der Waals surface area contributed by atoms with Gasteiger partial charge in [0.05, 0.1) is 0 Å². The maximum absolute atomic E-state index is 5.44. The topological polar surface area (TPSA) is 48.4 Å². The van der Waals surface area contributed by atoms with Crippen LogP contribution in [0.25, 0.3) is 0 Å². The van der Waals surface area contributed by atoms with E-state index in [2.05, 4.69) is 0 Å². The zero-order valence-corrected chi connectivity index (χ0v) is 6.83. The van der Waals surface area contributed by atoms with Crippen LogP contribution < -0.4 is 5.73 Å². The largest absolute Gasteiger partial charge is 0.464 e. The molecule has 0 aliphatic rings. The molecular weight excluding hydrogens is 142 g/mol. The van der Waals surface area contributed by atoms with Crippen molar-refractivity contribution in [2.75, 3.05) is 13.7 Å². The van der Waals surface area contributed by atoms with E-state index in [9.17, 15) is 0 Å². The van der Waals surface area contributed by atoms with Crippen LogP contribution in [0, 0.1) is 6.92 Å². The molecule has 2 N–H and O–H groups in total. The summed E-state index contributed by atoms with van der Waals surface area (Å²) in [7, 11) is 1.62. The van der Waals surface area contributed by atoms with E-state index in [-0.39, 0.29) is 6.10 Å². The predicted octanol–water partition coefficient (Wildman–Crippen LogP) is 1.23. The van der Waals surface area contributed by atoms with E-state index in [1.165, 1.54) is 0 Å². The number of hydrogen-bond acceptors (Lipinski definition) is 3. The Labute approximate surface area is 66.1 Å². The summed E-state index contributed by atoms with van der Waals surface area (Å²) in [5, 5.41) is 0. The third kappa shape index (κ3) is 1.82. The number of methoxy groups -OCH3 is 1. The van der Waals surface area contributed by atoms with Crippen molar-refractivity contribution >= 4 is 0 Å². The number of furan rings is 1. The first-order chi connectivity index (χ1) is 5.27. The second-order valence-electron chi connectivity index (χ2n) is 2.41. The average molecular weight is 155 g/mol. The molecule has 1 rings (SSSR count). The average Bonchev–Trinajstić information content (AvgIpc) is 2.39. The fraction of sp³-hybridized carbons (Fsp3) is 0.500. The molecule has 1 unspecified atom stereocenters. The molecule has 0 bridgehead atoms. The molecule has 1 heterocycles. The smallest absolute Gasteiger partial charge is 0.134 e. The molecule has 0 saturated carbocycles. The molecule has 0 radical (unpaired) electrons. The van der Waals surface area contributed by atoms with Crippen molar-refractivity contribution in [1.82, 2.24) is 0 Å². The van der Waals surface area contributed by atoms with Gasteiger partial charge in [-0.1, -0.05) is 0 Å². The second-order valence-corrected chi connectivity index (χ2v) is 2.41. The first kappa shape index (κ1) is 8.30. The summed E-state index contributed by atoms with van der Waals surface area (Å²) >= 11 is 0. The molecule has 1 atom stereocenters. The molecule has 1 aromatic rings. The van der Waals surface area contributed by atoms with Gasteiger partial charge in [0.2, 0.25) is 0 Å². The molecule has 0 amide bonds. The van der Waals surface area contributed by atoms with E-state index < -0.39 is 0 Å². The molecule has 0 saturated heterocycles. The Kier molecular flexibility index (Phi) is 2.68. The highest BCUT2D eigenvalue weighted by molar-refractivity contribution is 5.08. The highest BCUT2D eigenvalue weighted by atomic mass is 16.5. The van der Waals surface area contributed by atoms with Gasteiger partial charge in [-0.25, -0.2) is 0 Å². The maximum atomic E-state index is 5.44. The van der Waals surface area contributed by atoms with Crippen molar-refractivity contribution in [1.29, 1.82) is 0 Å². The van der Waals surface area contributed by atoms with Gasteiger partial charge in [0.1, 0.15) is 17.6 Å². The first-order valence-corrected chi connectivity index (χ1v) is 3.57. The van der Waals surface area contributed by atoms with Crippen LogP contribution in [0.3, 0.4) is 0 Å². The van der Waals surface area contributed by atoms with Crippen LogP contribution in [0.2, 0.25) is 0 Å². The van der Waals surface area contributed by atoms with Gasteiger partial charge in [-0.05, 0) is 19.1 Å². The Morgan fingerprint density at radius 1 is 1.64 bits per heavy atom. The Bertz CT molecular complexity index is 216. The quantitative estimate of drug-likeness (QED) is 0.714. The molecule has 0 aliphatic carbocycles. The fourth-order valence-corrected chi connectivity index (χ4v) is 0.955. The minimum Gasteiger partial charge on any atom is -0.464 e. The lowest BCUT2D eigenvalue weighted by atomic mass is 10.3. The summed E-state index contributed by atoms with van der Waals surface area (Å²) in [4.78, 5) is 0. The van der Waals surface area contributed by atoms with Crippen LogP contribution in [-0.2, 0) is 4.74 Å².